The fraction of sp³-hybridized carbons (Fsp3) is 1.00. The average Bonchev–Trinajstić information content (AvgIpc) is 2.05. The minimum Gasteiger partial charge on any atom is -0.262 e. The number of hydrogen-bond donors (Lipinski definition) is 0. The Morgan fingerprint density at radius 1 is 1.27 bits per heavy atom. The SMILES string of the molecule is C[C@H]1CC[C@H](N(P)PP)CC1. The van der Waals surface area contributed by atoms with E-state index < -0.39 is 0 Å². The summed E-state index contributed by atoms with van der Waals surface area (Å²) >= 11 is 0. The van der Waals surface area contributed by atoms with Gasteiger partial charge in [0, 0.05) is 6.04 Å². The van der Waals surface area contributed by atoms with E-state index in [2.05, 4.69) is 29.7 Å². The van der Waals surface area contributed by atoms with Gasteiger partial charge in [-0.25, -0.2) is 0 Å². The standard InChI is InChI=1S/C7H18NP3/c1-6-2-4-7(5-3-6)8(9)11-10/h6-7,11H,2-5,9-10H2,1H3/t6-,7-. The molecule has 1 saturated carbocycles. The molecule has 0 N–H and O–H groups in total. The summed E-state index contributed by atoms with van der Waals surface area (Å²) in [6, 6.07) is 0.840. The van der Waals surface area contributed by atoms with Gasteiger partial charge in [-0.2, -0.15) is 0 Å². The van der Waals surface area contributed by atoms with Crippen LogP contribution in [0, 0.1) is 5.92 Å². The molecule has 0 radical (unpaired) electrons. The molecule has 1 nitrogen and oxygen atoms in total. The van der Waals surface area contributed by atoms with Crippen molar-refractivity contribution in [2.75, 3.05) is 0 Å². The Kier molecular flexibility index (Phi) is 4.77. The van der Waals surface area contributed by atoms with E-state index in [-0.39, 0.29) is 0 Å². The monoisotopic (exact) mass is 209 g/mol. The van der Waals surface area contributed by atoms with Crippen LogP contribution in [0.3, 0.4) is 0 Å². The Labute approximate surface area is 76.3 Å². The van der Waals surface area contributed by atoms with E-state index in [1.54, 1.807) is 0 Å². The van der Waals surface area contributed by atoms with Crippen LogP contribution >= 0.6 is 26.7 Å². The van der Waals surface area contributed by atoms with Crippen LogP contribution in [-0.4, -0.2) is 10.5 Å². The van der Waals surface area contributed by atoms with Crippen molar-refractivity contribution in [3.8, 4) is 0 Å². The maximum Gasteiger partial charge on any atom is 0.0170 e. The molecule has 3 atom stereocenters. The largest absolute Gasteiger partial charge is 0.262 e. The molecule has 1 rings (SSSR count). The molecule has 0 amide bonds. The lowest BCUT2D eigenvalue weighted by molar-refractivity contribution is 0.296. The summed E-state index contributed by atoms with van der Waals surface area (Å²) in [4.78, 5) is 0. The quantitative estimate of drug-likeness (QED) is 0.632. The Balaban J connectivity index is 2.27. The molecular formula is C7H18NP3. The molecule has 0 spiro atoms. The Bertz CT molecular complexity index is 112. The van der Waals surface area contributed by atoms with Crippen LogP contribution in [0.1, 0.15) is 32.6 Å². The third-order valence-corrected chi connectivity index (χ3v) is 5.85. The maximum atomic E-state index is 2.84. The van der Waals surface area contributed by atoms with E-state index >= 15 is 0 Å². The van der Waals surface area contributed by atoms with Gasteiger partial charge in [0.05, 0.1) is 0 Å². The lowest BCUT2D eigenvalue weighted by Gasteiger charge is -2.32. The highest BCUT2D eigenvalue weighted by Gasteiger charge is 2.20. The molecule has 0 aromatic rings. The smallest absolute Gasteiger partial charge is 0.0170 e. The Morgan fingerprint density at radius 2 is 1.82 bits per heavy atom. The zero-order valence-corrected chi connectivity index (χ0v) is 10.4. The van der Waals surface area contributed by atoms with Crippen molar-refractivity contribution in [1.29, 1.82) is 0 Å². The minimum atomic E-state index is 0.840. The molecular weight excluding hydrogens is 191 g/mol. The van der Waals surface area contributed by atoms with Crippen molar-refractivity contribution < 1.29 is 0 Å². The molecule has 0 aliphatic heterocycles. The van der Waals surface area contributed by atoms with Crippen LogP contribution in [0.15, 0.2) is 0 Å². The molecule has 1 fully saturated rings. The topological polar surface area (TPSA) is 3.24 Å². The van der Waals surface area contributed by atoms with Gasteiger partial charge in [0.15, 0.2) is 0 Å². The third kappa shape index (κ3) is 3.23. The highest BCUT2D eigenvalue weighted by Crippen LogP contribution is 2.38. The molecule has 1 aliphatic carbocycles. The maximum absolute atomic E-state index is 2.84. The summed E-state index contributed by atoms with van der Waals surface area (Å²) in [5.41, 5.74) is 0. The second kappa shape index (κ2) is 5.08. The van der Waals surface area contributed by atoms with Crippen molar-refractivity contribution in [1.82, 2.24) is 4.44 Å². The van der Waals surface area contributed by atoms with Gasteiger partial charge in [0.2, 0.25) is 0 Å². The highest BCUT2D eigenvalue weighted by molar-refractivity contribution is 8.02. The van der Waals surface area contributed by atoms with Crippen LogP contribution < -0.4 is 0 Å². The fourth-order valence-corrected chi connectivity index (χ4v) is 3.03. The molecule has 1 aliphatic rings. The predicted octanol–water partition coefficient (Wildman–Crippen LogP) is 3.04. The Hall–Kier alpha value is 1.25. The minimum absolute atomic E-state index is 0.840. The molecule has 66 valence electrons. The number of rotatable bonds is 2. The zero-order chi connectivity index (χ0) is 8.27. The van der Waals surface area contributed by atoms with Gasteiger partial charge in [-0.15, -0.1) is 0 Å². The molecule has 0 heterocycles. The zero-order valence-electron chi connectivity index (χ0n) is 7.09. The van der Waals surface area contributed by atoms with Crippen LogP contribution in [0.5, 0.6) is 0 Å². The predicted molar refractivity (Wildman–Crippen MR) is 61.0 cm³/mol. The lowest BCUT2D eigenvalue weighted by atomic mass is 9.88. The van der Waals surface area contributed by atoms with Crippen LogP contribution in [-0.2, 0) is 0 Å². The summed E-state index contributed by atoms with van der Waals surface area (Å²) in [7, 11) is 6.51. The summed E-state index contributed by atoms with van der Waals surface area (Å²) in [6.45, 7) is 2.37. The first-order valence-corrected chi connectivity index (χ1v) is 7.51. The molecule has 11 heavy (non-hydrogen) atoms. The summed E-state index contributed by atoms with van der Waals surface area (Å²) in [5.74, 6) is 0.970. The molecule has 4 heteroatoms. The highest BCUT2D eigenvalue weighted by atomic mass is 32.0. The first-order chi connectivity index (χ1) is 5.24. The van der Waals surface area contributed by atoms with Crippen LogP contribution in [0.2, 0.25) is 0 Å². The molecule has 3 unspecified atom stereocenters. The second-order valence-corrected chi connectivity index (χ2v) is 6.07. The molecule has 0 saturated heterocycles. The van der Waals surface area contributed by atoms with Crippen molar-refractivity contribution in [2.24, 2.45) is 5.92 Å². The van der Waals surface area contributed by atoms with Crippen LogP contribution in [0.25, 0.3) is 0 Å². The summed E-state index contributed by atoms with van der Waals surface area (Å²) < 4.78 is 2.40. The van der Waals surface area contributed by atoms with Crippen molar-refractivity contribution >= 4 is 26.7 Å². The molecule has 0 bridgehead atoms. The van der Waals surface area contributed by atoms with Crippen LogP contribution in [0.4, 0.5) is 0 Å². The van der Waals surface area contributed by atoms with E-state index in [1.807, 2.05) is 0 Å². The molecule has 0 aromatic heterocycles. The van der Waals surface area contributed by atoms with Crippen molar-refractivity contribution in [3.63, 3.8) is 0 Å². The van der Waals surface area contributed by atoms with E-state index in [9.17, 15) is 0 Å². The lowest BCUT2D eigenvalue weighted by Crippen LogP contribution is -2.24. The molecule has 0 aromatic carbocycles. The first-order valence-electron chi connectivity index (χ1n) is 4.24. The van der Waals surface area contributed by atoms with Crippen molar-refractivity contribution in [2.45, 2.75) is 38.6 Å². The normalized spacial score (nSPS) is 33.8. The summed E-state index contributed by atoms with van der Waals surface area (Å²) in [6.07, 6.45) is 5.63. The number of hydrogen-bond acceptors (Lipinski definition) is 1. The van der Waals surface area contributed by atoms with Crippen molar-refractivity contribution in [3.05, 3.63) is 0 Å². The first kappa shape index (κ1) is 10.3. The van der Waals surface area contributed by atoms with Gasteiger partial charge < -0.3 is 0 Å². The van der Waals surface area contributed by atoms with E-state index in [4.69, 9.17) is 0 Å². The van der Waals surface area contributed by atoms with Gasteiger partial charge in [-0.3, -0.25) is 4.44 Å². The van der Waals surface area contributed by atoms with Gasteiger partial charge in [0.25, 0.3) is 0 Å². The van der Waals surface area contributed by atoms with E-state index in [0.29, 0.717) is 0 Å². The second-order valence-electron chi connectivity index (χ2n) is 3.45. The third-order valence-electron chi connectivity index (χ3n) is 2.53. The fourth-order valence-electron chi connectivity index (χ4n) is 1.63. The van der Waals surface area contributed by atoms with E-state index in [1.165, 1.54) is 25.7 Å². The van der Waals surface area contributed by atoms with E-state index in [0.717, 1.165) is 20.4 Å². The number of nitrogens with zero attached hydrogens (tertiary/aromatic N) is 1. The van der Waals surface area contributed by atoms with Gasteiger partial charge >= 0.3 is 0 Å². The van der Waals surface area contributed by atoms with Gasteiger partial charge in [-0.1, -0.05) is 25.2 Å². The summed E-state index contributed by atoms with van der Waals surface area (Å²) in [5, 5.41) is 0. The van der Waals surface area contributed by atoms with Gasteiger partial charge in [-0.05, 0) is 40.0 Å². The average molecular weight is 209 g/mol. The van der Waals surface area contributed by atoms with Gasteiger partial charge in [0.1, 0.15) is 0 Å². The Morgan fingerprint density at radius 3 is 2.27 bits per heavy atom.